The molecule has 4 heteroatoms. The summed E-state index contributed by atoms with van der Waals surface area (Å²) in [5.41, 5.74) is 0. The minimum absolute atomic E-state index is 0.153. The maximum absolute atomic E-state index is 11.0. The summed E-state index contributed by atoms with van der Waals surface area (Å²) in [6.07, 6.45) is 0.447. The van der Waals surface area contributed by atoms with Crippen LogP contribution in [0.3, 0.4) is 0 Å². The Morgan fingerprint density at radius 3 is 2.93 bits per heavy atom. The Bertz CT molecular complexity index is 298. The summed E-state index contributed by atoms with van der Waals surface area (Å²) >= 11 is 1.74. The zero-order valence-electron chi connectivity index (χ0n) is 9.40. The smallest absolute Gasteiger partial charge is 0.306 e. The summed E-state index contributed by atoms with van der Waals surface area (Å²) in [4.78, 5) is 14.5. The van der Waals surface area contributed by atoms with Gasteiger partial charge in [-0.1, -0.05) is 6.07 Å². The molecule has 1 aromatic rings. The number of esters is 1. The van der Waals surface area contributed by atoms with Crippen LogP contribution in [0.4, 0.5) is 0 Å². The van der Waals surface area contributed by atoms with Crippen LogP contribution in [0.5, 0.6) is 0 Å². The Labute approximate surface area is 94.7 Å². The molecule has 84 valence electrons. The summed E-state index contributed by atoms with van der Waals surface area (Å²) < 4.78 is 4.61. The largest absolute Gasteiger partial charge is 0.469 e. The molecule has 0 saturated heterocycles. The second-order valence-corrected chi connectivity index (χ2v) is 4.48. The molecule has 15 heavy (non-hydrogen) atoms. The third kappa shape index (κ3) is 3.64. The summed E-state index contributed by atoms with van der Waals surface area (Å²) in [5.74, 6) is -0.153. The number of hydrogen-bond donors (Lipinski definition) is 0. The first-order chi connectivity index (χ1) is 7.15. The van der Waals surface area contributed by atoms with Crippen molar-refractivity contribution in [1.29, 1.82) is 0 Å². The van der Waals surface area contributed by atoms with Crippen molar-refractivity contribution >= 4 is 17.3 Å². The number of ether oxygens (including phenoxy) is 1. The second-order valence-electron chi connectivity index (χ2n) is 3.50. The van der Waals surface area contributed by atoms with E-state index in [2.05, 4.69) is 28.0 Å². The number of nitrogens with zero attached hydrogens (tertiary/aromatic N) is 1. The first-order valence-electron chi connectivity index (χ1n) is 4.95. The van der Waals surface area contributed by atoms with Gasteiger partial charge in [0.2, 0.25) is 0 Å². The highest BCUT2D eigenvalue weighted by molar-refractivity contribution is 7.10. The van der Waals surface area contributed by atoms with Gasteiger partial charge in [-0.15, -0.1) is 11.3 Å². The van der Waals surface area contributed by atoms with E-state index < -0.39 is 0 Å². The molecule has 0 aliphatic carbocycles. The van der Waals surface area contributed by atoms with Crippen LogP contribution in [0.1, 0.15) is 24.3 Å². The average molecular weight is 227 g/mol. The highest BCUT2D eigenvalue weighted by atomic mass is 32.1. The lowest BCUT2D eigenvalue weighted by atomic mass is 10.2. The number of carbonyl (C=O) groups excluding carboxylic acids is 1. The van der Waals surface area contributed by atoms with Crippen molar-refractivity contribution < 1.29 is 9.53 Å². The molecule has 0 aliphatic rings. The normalized spacial score (nSPS) is 12.8. The van der Waals surface area contributed by atoms with E-state index in [0.29, 0.717) is 12.5 Å². The van der Waals surface area contributed by atoms with E-state index >= 15 is 0 Å². The monoisotopic (exact) mass is 227 g/mol. The zero-order chi connectivity index (χ0) is 11.3. The van der Waals surface area contributed by atoms with Gasteiger partial charge in [0.1, 0.15) is 0 Å². The highest BCUT2D eigenvalue weighted by Gasteiger charge is 2.13. The van der Waals surface area contributed by atoms with E-state index in [1.807, 2.05) is 13.1 Å². The van der Waals surface area contributed by atoms with E-state index in [4.69, 9.17) is 0 Å². The van der Waals surface area contributed by atoms with Crippen LogP contribution in [0.15, 0.2) is 17.5 Å². The van der Waals surface area contributed by atoms with Gasteiger partial charge in [0.05, 0.1) is 13.5 Å². The Hall–Kier alpha value is -0.870. The maximum atomic E-state index is 11.0. The van der Waals surface area contributed by atoms with Crippen LogP contribution in [-0.2, 0) is 9.53 Å². The fourth-order valence-corrected chi connectivity index (χ4v) is 2.16. The van der Waals surface area contributed by atoms with Crippen LogP contribution in [-0.4, -0.2) is 31.6 Å². The Kier molecular flexibility index (Phi) is 4.78. The molecule has 0 fully saturated rings. The van der Waals surface area contributed by atoms with Gasteiger partial charge in [-0.05, 0) is 25.4 Å². The Morgan fingerprint density at radius 2 is 2.40 bits per heavy atom. The minimum Gasteiger partial charge on any atom is -0.469 e. The van der Waals surface area contributed by atoms with Crippen molar-refractivity contribution in [3.8, 4) is 0 Å². The minimum atomic E-state index is -0.153. The molecule has 1 unspecified atom stereocenters. The summed E-state index contributed by atoms with van der Waals surface area (Å²) in [6.45, 7) is 2.87. The quantitative estimate of drug-likeness (QED) is 0.723. The zero-order valence-corrected chi connectivity index (χ0v) is 10.2. The van der Waals surface area contributed by atoms with Gasteiger partial charge >= 0.3 is 5.97 Å². The topological polar surface area (TPSA) is 29.5 Å². The lowest BCUT2D eigenvalue weighted by Crippen LogP contribution is -2.25. The predicted octanol–water partition coefficient (Wildman–Crippen LogP) is 2.30. The molecular formula is C11H17NO2S. The number of methoxy groups -OCH3 is 1. The number of rotatable bonds is 5. The van der Waals surface area contributed by atoms with Crippen LogP contribution < -0.4 is 0 Å². The van der Waals surface area contributed by atoms with Gasteiger partial charge in [0, 0.05) is 17.5 Å². The van der Waals surface area contributed by atoms with Gasteiger partial charge in [-0.2, -0.15) is 0 Å². The number of carbonyl (C=O) groups is 1. The Balaban J connectivity index is 2.40. The summed E-state index contributed by atoms with van der Waals surface area (Å²) in [5, 5.41) is 2.07. The predicted molar refractivity (Wildman–Crippen MR) is 62.0 cm³/mol. The average Bonchev–Trinajstić information content (AvgIpc) is 2.77. The molecule has 1 rings (SSSR count). The molecule has 1 aromatic heterocycles. The van der Waals surface area contributed by atoms with Crippen LogP contribution in [0.25, 0.3) is 0 Å². The van der Waals surface area contributed by atoms with Crippen LogP contribution >= 0.6 is 11.3 Å². The van der Waals surface area contributed by atoms with Crippen molar-refractivity contribution in [1.82, 2.24) is 4.90 Å². The summed E-state index contributed by atoms with van der Waals surface area (Å²) in [7, 11) is 3.44. The molecule has 0 amide bonds. The third-order valence-corrected chi connectivity index (χ3v) is 3.55. The van der Waals surface area contributed by atoms with E-state index in [9.17, 15) is 4.79 Å². The first kappa shape index (κ1) is 12.2. The number of thiophene rings is 1. The van der Waals surface area contributed by atoms with E-state index in [-0.39, 0.29) is 5.97 Å². The van der Waals surface area contributed by atoms with Crippen LogP contribution in [0, 0.1) is 0 Å². The van der Waals surface area contributed by atoms with Crippen molar-refractivity contribution in [2.75, 3.05) is 20.7 Å². The van der Waals surface area contributed by atoms with E-state index in [0.717, 1.165) is 6.54 Å². The Morgan fingerprint density at radius 1 is 1.67 bits per heavy atom. The van der Waals surface area contributed by atoms with Gasteiger partial charge in [0.25, 0.3) is 0 Å². The van der Waals surface area contributed by atoms with Crippen LogP contribution in [0.2, 0.25) is 0 Å². The molecule has 0 saturated carbocycles. The van der Waals surface area contributed by atoms with E-state index in [1.54, 1.807) is 11.3 Å². The molecule has 0 aromatic carbocycles. The van der Waals surface area contributed by atoms with Crippen molar-refractivity contribution in [2.24, 2.45) is 0 Å². The molecule has 1 heterocycles. The molecule has 0 bridgehead atoms. The lowest BCUT2D eigenvalue weighted by molar-refractivity contribution is -0.141. The first-order valence-corrected chi connectivity index (χ1v) is 5.83. The fourth-order valence-electron chi connectivity index (χ4n) is 1.31. The van der Waals surface area contributed by atoms with Gasteiger partial charge in [0.15, 0.2) is 0 Å². The standard InChI is InChI=1S/C11H17NO2S/c1-9(10-5-4-8-15-10)12(2)7-6-11(13)14-3/h4-5,8-9H,6-7H2,1-3H3. The molecule has 0 N–H and O–H groups in total. The molecule has 0 radical (unpaired) electrons. The lowest BCUT2D eigenvalue weighted by Gasteiger charge is -2.23. The maximum Gasteiger partial charge on any atom is 0.306 e. The van der Waals surface area contributed by atoms with Crippen molar-refractivity contribution in [3.63, 3.8) is 0 Å². The van der Waals surface area contributed by atoms with E-state index in [1.165, 1.54) is 12.0 Å². The molecular weight excluding hydrogens is 210 g/mol. The highest BCUT2D eigenvalue weighted by Crippen LogP contribution is 2.23. The second kappa shape index (κ2) is 5.88. The van der Waals surface area contributed by atoms with Crippen molar-refractivity contribution in [3.05, 3.63) is 22.4 Å². The fraction of sp³-hybridized carbons (Fsp3) is 0.545. The van der Waals surface area contributed by atoms with Gasteiger partial charge in [-0.3, -0.25) is 9.69 Å². The van der Waals surface area contributed by atoms with Gasteiger partial charge in [-0.25, -0.2) is 0 Å². The number of hydrogen-bond acceptors (Lipinski definition) is 4. The molecule has 1 atom stereocenters. The molecule has 0 spiro atoms. The van der Waals surface area contributed by atoms with Gasteiger partial charge < -0.3 is 4.74 Å². The molecule has 0 aliphatic heterocycles. The third-order valence-electron chi connectivity index (χ3n) is 2.51. The summed E-state index contributed by atoms with van der Waals surface area (Å²) in [6, 6.07) is 4.52. The van der Waals surface area contributed by atoms with Crippen molar-refractivity contribution in [2.45, 2.75) is 19.4 Å². The molecule has 3 nitrogen and oxygen atoms in total. The SMILES string of the molecule is COC(=O)CCN(C)C(C)c1cccs1.